The number of rotatable bonds is 4. The fourth-order valence-corrected chi connectivity index (χ4v) is 2.90. The van der Waals surface area contributed by atoms with Gasteiger partial charge in [0.15, 0.2) is 17.5 Å². The van der Waals surface area contributed by atoms with E-state index in [2.05, 4.69) is 9.97 Å². The number of ketones is 2. The van der Waals surface area contributed by atoms with E-state index in [0.29, 0.717) is 5.69 Å². The van der Waals surface area contributed by atoms with Gasteiger partial charge < -0.3 is 4.74 Å². The Morgan fingerprint density at radius 3 is 2.88 bits per heavy atom. The van der Waals surface area contributed by atoms with Gasteiger partial charge in [-0.2, -0.15) is 0 Å². The molecule has 0 saturated heterocycles. The van der Waals surface area contributed by atoms with Gasteiger partial charge in [-0.15, -0.1) is 11.3 Å². The molecular formula is C17H12N2O4S. The van der Waals surface area contributed by atoms with E-state index in [4.69, 9.17) is 4.74 Å². The van der Waals surface area contributed by atoms with E-state index in [1.807, 2.05) is 18.2 Å². The van der Waals surface area contributed by atoms with Crippen LogP contribution in [0.2, 0.25) is 0 Å². The summed E-state index contributed by atoms with van der Waals surface area (Å²) in [6.07, 6.45) is 5.47. The molecule has 0 bridgehead atoms. The number of carbonyl (C=O) groups is 3. The van der Waals surface area contributed by atoms with E-state index in [1.165, 1.54) is 30.4 Å². The fourth-order valence-electron chi connectivity index (χ4n) is 2.14. The largest absolute Gasteiger partial charge is 0.430 e. The van der Waals surface area contributed by atoms with Crippen LogP contribution < -0.4 is 0 Å². The molecule has 1 aliphatic rings. The highest BCUT2D eigenvalue weighted by Gasteiger charge is 2.36. The lowest BCUT2D eigenvalue weighted by molar-refractivity contribution is -0.151. The zero-order valence-corrected chi connectivity index (χ0v) is 13.4. The monoisotopic (exact) mass is 340 g/mol. The van der Waals surface area contributed by atoms with Crippen molar-refractivity contribution in [3.8, 4) is 10.7 Å². The summed E-state index contributed by atoms with van der Waals surface area (Å²) in [4.78, 5) is 44.2. The number of thiazole rings is 1. The first-order valence-corrected chi connectivity index (χ1v) is 7.95. The van der Waals surface area contributed by atoms with Crippen LogP contribution in [0.5, 0.6) is 0 Å². The maximum atomic E-state index is 12.1. The van der Waals surface area contributed by atoms with Crippen LogP contribution in [-0.4, -0.2) is 27.5 Å². The van der Waals surface area contributed by atoms with E-state index >= 15 is 0 Å². The molecule has 24 heavy (non-hydrogen) atoms. The van der Waals surface area contributed by atoms with E-state index in [-0.39, 0.29) is 5.76 Å². The third kappa shape index (κ3) is 3.36. The van der Waals surface area contributed by atoms with Crippen molar-refractivity contribution in [2.45, 2.75) is 6.92 Å². The summed E-state index contributed by atoms with van der Waals surface area (Å²) >= 11 is 1.39. The first-order valence-electron chi connectivity index (χ1n) is 7.07. The molecule has 1 atom stereocenters. The number of esters is 1. The first-order chi connectivity index (χ1) is 11.5. The van der Waals surface area contributed by atoms with Gasteiger partial charge in [-0.3, -0.25) is 19.4 Å². The molecule has 2 aromatic heterocycles. The zero-order chi connectivity index (χ0) is 17.1. The third-order valence-electron chi connectivity index (χ3n) is 3.24. The Labute approximate surface area is 141 Å². The average Bonchev–Trinajstić information content (AvgIpc) is 3.02. The molecule has 0 spiro atoms. The maximum absolute atomic E-state index is 12.1. The topological polar surface area (TPSA) is 86.2 Å². The van der Waals surface area contributed by atoms with E-state index < -0.39 is 23.5 Å². The molecule has 1 aliphatic heterocycles. The van der Waals surface area contributed by atoms with Crippen LogP contribution in [0, 0.1) is 5.92 Å². The lowest BCUT2D eigenvalue weighted by Gasteiger charge is -2.15. The number of hydrogen-bond acceptors (Lipinski definition) is 7. The number of pyridine rings is 1. The fraction of sp³-hybridized carbons (Fsp3) is 0.118. The van der Waals surface area contributed by atoms with Crippen molar-refractivity contribution in [3.63, 3.8) is 0 Å². The molecule has 0 saturated carbocycles. The van der Waals surface area contributed by atoms with Crippen molar-refractivity contribution in [2.24, 2.45) is 5.92 Å². The second kappa shape index (κ2) is 6.67. The summed E-state index contributed by atoms with van der Waals surface area (Å²) < 4.78 is 4.83. The summed E-state index contributed by atoms with van der Waals surface area (Å²) in [7, 11) is 0. The molecule has 120 valence electrons. The second-order valence-electron chi connectivity index (χ2n) is 5.04. The van der Waals surface area contributed by atoms with Crippen LogP contribution >= 0.6 is 11.3 Å². The van der Waals surface area contributed by atoms with Gasteiger partial charge in [0.2, 0.25) is 0 Å². The van der Waals surface area contributed by atoms with Gasteiger partial charge in [-0.25, -0.2) is 4.98 Å². The highest BCUT2D eigenvalue weighted by Crippen LogP contribution is 2.22. The molecule has 0 N–H and O–H groups in total. The predicted molar refractivity (Wildman–Crippen MR) is 87.7 cm³/mol. The van der Waals surface area contributed by atoms with Crippen molar-refractivity contribution in [1.29, 1.82) is 0 Å². The molecule has 0 amide bonds. The Kier molecular flexibility index (Phi) is 4.43. The quantitative estimate of drug-likeness (QED) is 0.483. The molecule has 7 heteroatoms. The maximum Gasteiger partial charge on any atom is 0.329 e. The summed E-state index contributed by atoms with van der Waals surface area (Å²) in [5.41, 5.74) is 1.29. The number of hydrogen-bond donors (Lipinski definition) is 0. The van der Waals surface area contributed by atoms with E-state index in [1.54, 1.807) is 11.6 Å². The number of cyclic esters (lactones) is 1. The number of aromatic nitrogens is 2. The van der Waals surface area contributed by atoms with Crippen molar-refractivity contribution in [3.05, 3.63) is 53.4 Å². The van der Waals surface area contributed by atoms with Crippen LogP contribution in [0.25, 0.3) is 16.8 Å². The minimum Gasteiger partial charge on any atom is -0.430 e. The van der Waals surface area contributed by atoms with Crippen LogP contribution in [0.3, 0.4) is 0 Å². The number of allylic oxidation sites excluding steroid dienone is 3. The molecular weight excluding hydrogens is 328 g/mol. The highest BCUT2D eigenvalue weighted by atomic mass is 32.1. The predicted octanol–water partition coefficient (Wildman–Crippen LogP) is 2.43. The Bertz CT molecular complexity index is 868. The SMILES string of the molecule is CC1=CC(=O)[C@H](C(=O)/C=C\c2csc(-c3ccccn3)n2)C(=O)O1. The standard InChI is InChI=1S/C17H12N2O4S/c1-10-8-14(21)15(17(22)23-10)13(20)6-5-11-9-24-16(19-11)12-4-2-3-7-18-12/h2-9,15H,1H3/b6-5-/t15-/m0/s1. The third-order valence-corrected chi connectivity index (χ3v) is 4.12. The number of ether oxygens (including phenoxy) is 1. The molecule has 6 nitrogen and oxygen atoms in total. The molecule has 0 radical (unpaired) electrons. The first kappa shape index (κ1) is 15.9. The lowest BCUT2D eigenvalue weighted by atomic mass is 9.96. The van der Waals surface area contributed by atoms with Crippen LogP contribution in [0.4, 0.5) is 0 Å². The molecule has 3 rings (SSSR count). The van der Waals surface area contributed by atoms with Gasteiger partial charge in [-0.1, -0.05) is 6.07 Å². The Balaban J connectivity index is 1.75. The van der Waals surface area contributed by atoms with Crippen LogP contribution in [0.15, 0.2) is 47.7 Å². The molecule has 0 fully saturated rings. The number of nitrogens with zero attached hydrogens (tertiary/aromatic N) is 2. The summed E-state index contributed by atoms with van der Waals surface area (Å²) in [5.74, 6) is -3.27. The lowest BCUT2D eigenvalue weighted by Crippen LogP contribution is -2.34. The Morgan fingerprint density at radius 1 is 1.33 bits per heavy atom. The van der Waals surface area contributed by atoms with Crippen LogP contribution in [-0.2, 0) is 19.1 Å². The smallest absolute Gasteiger partial charge is 0.329 e. The minimum atomic E-state index is -1.43. The Hall–Kier alpha value is -2.93. The second-order valence-corrected chi connectivity index (χ2v) is 5.90. The van der Waals surface area contributed by atoms with E-state index in [0.717, 1.165) is 16.8 Å². The minimum absolute atomic E-state index is 0.192. The van der Waals surface area contributed by atoms with Gasteiger partial charge >= 0.3 is 5.97 Å². The molecule has 0 aliphatic carbocycles. The van der Waals surface area contributed by atoms with Gasteiger partial charge in [0.1, 0.15) is 10.8 Å². The normalized spacial score (nSPS) is 17.7. The van der Waals surface area contributed by atoms with Gasteiger partial charge in [-0.05, 0) is 31.2 Å². The molecule has 3 heterocycles. The molecule has 0 aromatic carbocycles. The highest BCUT2D eigenvalue weighted by molar-refractivity contribution is 7.13. The zero-order valence-electron chi connectivity index (χ0n) is 12.6. The van der Waals surface area contributed by atoms with Gasteiger partial charge in [0, 0.05) is 17.7 Å². The summed E-state index contributed by atoms with van der Waals surface area (Å²) in [6.45, 7) is 1.49. The summed E-state index contributed by atoms with van der Waals surface area (Å²) in [6, 6.07) is 5.51. The molecule has 0 unspecified atom stereocenters. The van der Waals surface area contributed by atoms with Crippen LogP contribution in [0.1, 0.15) is 12.6 Å². The van der Waals surface area contributed by atoms with Gasteiger partial charge in [0.25, 0.3) is 0 Å². The average molecular weight is 340 g/mol. The van der Waals surface area contributed by atoms with Crippen molar-refractivity contribution >= 4 is 34.9 Å². The summed E-state index contributed by atoms with van der Waals surface area (Å²) in [5, 5.41) is 2.48. The van der Waals surface area contributed by atoms with Crippen molar-refractivity contribution < 1.29 is 19.1 Å². The number of carbonyl (C=O) groups excluding carboxylic acids is 3. The molecule has 2 aromatic rings. The van der Waals surface area contributed by atoms with Gasteiger partial charge in [0.05, 0.1) is 11.4 Å². The Morgan fingerprint density at radius 2 is 2.17 bits per heavy atom. The van der Waals surface area contributed by atoms with Crippen molar-refractivity contribution in [1.82, 2.24) is 9.97 Å². The van der Waals surface area contributed by atoms with E-state index in [9.17, 15) is 14.4 Å². The van der Waals surface area contributed by atoms with Crippen molar-refractivity contribution in [2.75, 3.05) is 0 Å².